The Morgan fingerprint density at radius 1 is 1.05 bits per heavy atom. The number of hydrogen-bond acceptors (Lipinski definition) is 3. The lowest BCUT2D eigenvalue weighted by Gasteiger charge is -2.32. The molecule has 0 radical (unpaired) electrons. The molecule has 0 heterocycles. The molecular weight excluding hydrogens is 301 g/mol. The second kappa shape index (κ2) is 8.53. The first-order valence-corrected chi connectivity index (χ1v) is 7.76. The van der Waals surface area contributed by atoms with Crippen LogP contribution in [-0.4, -0.2) is 29.7 Å². The van der Waals surface area contributed by atoms with Crippen molar-refractivity contribution in [1.29, 1.82) is 0 Å². The molecule has 120 valence electrons. The van der Waals surface area contributed by atoms with Gasteiger partial charge in [-0.2, -0.15) is 0 Å². The fourth-order valence-electron chi connectivity index (χ4n) is 2.14. The molecule has 0 aliphatic heterocycles. The van der Waals surface area contributed by atoms with Gasteiger partial charge in [0.25, 0.3) is 5.97 Å². The van der Waals surface area contributed by atoms with Crippen LogP contribution in [0.25, 0.3) is 0 Å². The minimum absolute atomic E-state index is 0.116. The van der Waals surface area contributed by atoms with Gasteiger partial charge >= 0.3 is 0 Å². The van der Waals surface area contributed by atoms with Crippen LogP contribution in [0.2, 0.25) is 0 Å². The zero-order valence-electron chi connectivity index (χ0n) is 12.5. The van der Waals surface area contributed by atoms with Gasteiger partial charge in [-0.15, -0.1) is 0 Å². The molecule has 1 aromatic rings. The van der Waals surface area contributed by atoms with Gasteiger partial charge in [0, 0.05) is 37.3 Å². The maximum absolute atomic E-state index is 13.5. The Labute approximate surface area is 125 Å². The van der Waals surface area contributed by atoms with Crippen molar-refractivity contribution in [3.63, 3.8) is 0 Å². The average molecular weight is 322 g/mol. The second-order valence-corrected chi connectivity index (χ2v) is 4.86. The van der Waals surface area contributed by atoms with E-state index in [1.807, 2.05) is 13.8 Å². The Morgan fingerprint density at radius 2 is 1.57 bits per heavy atom. The van der Waals surface area contributed by atoms with E-state index in [2.05, 4.69) is 0 Å². The van der Waals surface area contributed by atoms with Crippen molar-refractivity contribution >= 4 is 10.5 Å². The van der Waals surface area contributed by atoms with Crippen LogP contribution in [0.5, 0.6) is 0 Å². The highest BCUT2D eigenvalue weighted by Crippen LogP contribution is 2.24. The van der Waals surface area contributed by atoms with Crippen molar-refractivity contribution in [2.45, 2.75) is 39.1 Å². The molecule has 0 fully saturated rings. The highest BCUT2D eigenvalue weighted by Gasteiger charge is 2.30. The van der Waals surface area contributed by atoms with E-state index in [4.69, 9.17) is 13.9 Å². The Kier molecular flexibility index (Phi) is 7.37. The molecule has 1 rings (SSSR count). The van der Waals surface area contributed by atoms with Crippen molar-refractivity contribution in [1.82, 2.24) is 0 Å². The number of hydrogen-bond donors (Lipinski definition) is 0. The van der Waals surface area contributed by atoms with Crippen molar-refractivity contribution in [2.24, 2.45) is 0 Å². The first-order chi connectivity index (χ1) is 9.98. The Bertz CT molecular complexity index is 428. The summed E-state index contributed by atoms with van der Waals surface area (Å²) in [6.45, 7) is 4.43. The standard InChI is InChI=1S/C14H21F3O3Si/c1-3-18-14(20-21,19-4-2)7-5-6-11-12(16)8-10(15)9-13(11)17/h8-9H,3-7H2,1-2,21H3. The predicted molar refractivity (Wildman–Crippen MR) is 76.3 cm³/mol. The van der Waals surface area contributed by atoms with Crippen molar-refractivity contribution in [2.75, 3.05) is 13.2 Å². The number of rotatable bonds is 9. The monoisotopic (exact) mass is 322 g/mol. The lowest BCUT2D eigenvalue weighted by atomic mass is 10.1. The summed E-state index contributed by atoms with van der Waals surface area (Å²) in [5.41, 5.74) is -0.133. The Hall–Kier alpha value is -0.893. The van der Waals surface area contributed by atoms with Crippen LogP contribution in [0.4, 0.5) is 13.2 Å². The summed E-state index contributed by atoms with van der Waals surface area (Å²) in [4.78, 5) is 0. The lowest BCUT2D eigenvalue weighted by Crippen LogP contribution is -2.39. The molecule has 7 heteroatoms. The molecule has 0 aliphatic carbocycles. The summed E-state index contributed by atoms with van der Waals surface area (Å²) in [6.07, 6.45) is 0.848. The maximum Gasteiger partial charge on any atom is 0.272 e. The third-order valence-corrected chi connectivity index (χ3v) is 3.68. The highest BCUT2D eigenvalue weighted by molar-refractivity contribution is 5.98. The zero-order chi connectivity index (χ0) is 15.9. The van der Waals surface area contributed by atoms with Gasteiger partial charge in [-0.3, -0.25) is 0 Å². The van der Waals surface area contributed by atoms with Crippen LogP contribution in [0, 0.1) is 17.5 Å². The van der Waals surface area contributed by atoms with Crippen LogP contribution in [0.15, 0.2) is 12.1 Å². The summed E-state index contributed by atoms with van der Waals surface area (Å²) in [6, 6.07) is 1.36. The van der Waals surface area contributed by atoms with E-state index in [1.54, 1.807) is 0 Å². The van der Waals surface area contributed by atoms with Crippen LogP contribution in [-0.2, 0) is 20.3 Å². The highest BCUT2D eigenvalue weighted by atomic mass is 28.2. The van der Waals surface area contributed by atoms with Crippen LogP contribution in [0.1, 0.15) is 32.3 Å². The number of benzene rings is 1. The minimum atomic E-state index is -1.15. The molecule has 1 aromatic carbocycles. The van der Waals surface area contributed by atoms with Crippen LogP contribution < -0.4 is 0 Å². The minimum Gasteiger partial charge on any atom is -0.380 e. The molecule has 0 N–H and O–H groups in total. The average Bonchev–Trinajstić information content (AvgIpc) is 2.42. The van der Waals surface area contributed by atoms with Gasteiger partial charge < -0.3 is 13.9 Å². The van der Waals surface area contributed by atoms with Gasteiger partial charge in [0.05, 0.1) is 0 Å². The molecule has 0 saturated carbocycles. The molecule has 0 saturated heterocycles. The maximum atomic E-state index is 13.5. The molecule has 0 unspecified atom stereocenters. The molecule has 3 nitrogen and oxygen atoms in total. The van der Waals surface area contributed by atoms with E-state index in [-0.39, 0.29) is 12.0 Å². The summed E-state index contributed by atoms with van der Waals surface area (Å²) in [5, 5.41) is 0. The van der Waals surface area contributed by atoms with Gasteiger partial charge in [-0.25, -0.2) is 13.2 Å². The first-order valence-electron chi connectivity index (χ1n) is 6.94. The molecule has 21 heavy (non-hydrogen) atoms. The summed E-state index contributed by atoms with van der Waals surface area (Å²) in [5.74, 6) is -3.83. The quantitative estimate of drug-likeness (QED) is 0.516. The Morgan fingerprint density at radius 3 is 2.00 bits per heavy atom. The molecule has 0 amide bonds. The van der Waals surface area contributed by atoms with Gasteiger partial charge in [0.2, 0.25) is 0 Å². The number of ether oxygens (including phenoxy) is 2. The van der Waals surface area contributed by atoms with Crippen molar-refractivity contribution < 1.29 is 27.1 Å². The fourth-order valence-corrected chi connectivity index (χ4v) is 2.58. The van der Waals surface area contributed by atoms with E-state index in [1.165, 1.54) is 0 Å². The molecule has 0 atom stereocenters. The van der Waals surface area contributed by atoms with E-state index in [9.17, 15) is 13.2 Å². The third-order valence-electron chi connectivity index (χ3n) is 3.06. The molecule has 0 aromatic heterocycles. The van der Waals surface area contributed by atoms with Gasteiger partial charge in [0.15, 0.2) is 10.5 Å². The number of halogens is 3. The zero-order valence-corrected chi connectivity index (χ0v) is 14.5. The van der Waals surface area contributed by atoms with E-state index in [0.29, 0.717) is 48.7 Å². The fraction of sp³-hybridized carbons (Fsp3) is 0.571. The normalized spacial score (nSPS) is 12.0. The summed E-state index contributed by atoms with van der Waals surface area (Å²) >= 11 is 0. The Balaban J connectivity index is 2.70. The van der Waals surface area contributed by atoms with Crippen LogP contribution >= 0.6 is 0 Å². The predicted octanol–water partition coefficient (Wildman–Crippen LogP) is 2.45. The molecular formula is C14H21F3O3Si. The smallest absolute Gasteiger partial charge is 0.272 e. The van der Waals surface area contributed by atoms with E-state index in [0.717, 1.165) is 0 Å². The molecule has 0 spiro atoms. The SMILES string of the molecule is CCOC(CCCc1c(F)cc(F)cc1F)(O[SiH3])OCC. The second-order valence-electron chi connectivity index (χ2n) is 4.45. The van der Waals surface area contributed by atoms with Crippen LogP contribution in [0.3, 0.4) is 0 Å². The van der Waals surface area contributed by atoms with Gasteiger partial charge in [0.1, 0.15) is 17.5 Å². The van der Waals surface area contributed by atoms with Gasteiger partial charge in [-0.05, 0) is 26.7 Å². The summed E-state index contributed by atoms with van der Waals surface area (Å²) < 4.78 is 56.3. The first kappa shape index (κ1) is 18.2. The molecule has 0 bridgehead atoms. The lowest BCUT2D eigenvalue weighted by molar-refractivity contribution is -0.343. The summed E-state index contributed by atoms with van der Waals surface area (Å²) in [7, 11) is 0.409. The van der Waals surface area contributed by atoms with Gasteiger partial charge in [-0.1, -0.05) is 0 Å². The van der Waals surface area contributed by atoms with E-state index >= 15 is 0 Å². The topological polar surface area (TPSA) is 27.7 Å². The van der Waals surface area contributed by atoms with Crippen molar-refractivity contribution in [3.05, 3.63) is 35.1 Å². The van der Waals surface area contributed by atoms with E-state index < -0.39 is 23.4 Å². The third kappa shape index (κ3) is 5.10. The largest absolute Gasteiger partial charge is 0.380 e. The molecule has 0 aliphatic rings. The van der Waals surface area contributed by atoms with Crippen molar-refractivity contribution in [3.8, 4) is 0 Å².